The van der Waals surface area contributed by atoms with Crippen molar-refractivity contribution >= 4 is 18.3 Å². The minimum atomic E-state index is -0.939. The molecule has 1 saturated carbocycles. The van der Waals surface area contributed by atoms with Gasteiger partial charge >= 0.3 is 0 Å². The maximum atomic E-state index is 13.0. The van der Waals surface area contributed by atoms with Crippen molar-refractivity contribution in [1.82, 2.24) is 5.32 Å². The zero-order chi connectivity index (χ0) is 17.1. The number of nitrogens with one attached hydrogen (secondary N) is 1. The first-order chi connectivity index (χ1) is 10.8. The number of rotatable bonds is 7. The van der Waals surface area contributed by atoms with Crippen molar-refractivity contribution in [3.8, 4) is 5.75 Å². The topological polar surface area (TPSA) is 73.6 Å². The molecule has 2 atom stereocenters. The summed E-state index contributed by atoms with van der Waals surface area (Å²) >= 11 is 0. The van der Waals surface area contributed by atoms with Gasteiger partial charge in [0.15, 0.2) is 0 Å². The third-order valence-electron chi connectivity index (χ3n) is 4.69. The standard InChI is InChI=1S/C17H25FN2O3.ClH/c1-4-22-14-11-17(19,16(14,2)3)15(21)20-8-9-23-13-7-5-6-12(18)10-13;/h5-7,10,14H,4,8-9,11,19H2,1-3H3,(H,20,21);1H. The van der Waals surface area contributed by atoms with Crippen molar-refractivity contribution in [2.75, 3.05) is 19.8 Å². The average Bonchev–Trinajstić information content (AvgIpc) is 2.51. The van der Waals surface area contributed by atoms with E-state index in [4.69, 9.17) is 15.2 Å². The molecule has 0 aliphatic heterocycles. The Hall–Kier alpha value is -1.37. The van der Waals surface area contributed by atoms with Crippen LogP contribution < -0.4 is 15.8 Å². The number of carbonyl (C=O) groups excluding carboxylic acids is 1. The smallest absolute Gasteiger partial charge is 0.240 e. The molecule has 1 amide bonds. The third kappa shape index (κ3) is 3.99. The fraction of sp³-hybridized carbons (Fsp3) is 0.588. The summed E-state index contributed by atoms with van der Waals surface area (Å²) in [6.07, 6.45) is 0.497. The molecule has 3 N–H and O–H groups in total. The van der Waals surface area contributed by atoms with Crippen LogP contribution in [0.15, 0.2) is 24.3 Å². The first-order valence-corrected chi connectivity index (χ1v) is 7.88. The molecule has 7 heteroatoms. The van der Waals surface area contributed by atoms with Gasteiger partial charge in [-0.05, 0) is 19.1 Å². The van der Waals surface area contributed by atoms with Gasteiger partial charge in [-0.3, -0.25) is 4.79 Å². The fourth-order valence-corrected chi connectivity index (χ4v) is 2.87. The summed E-state index contributed by atoms with van der Waals surface area (Å²) in [5.74, 6) is -0.131. The number of nitrogens with two attached hydrogens (primary N) is 1. The van der Waals surface area contributed by atoms with Crippen LogP contribution in [0.5, 0.6) is 5.75 Å². The number of ether oxygens (including phenoxy) is 2. The molecule has 0 saturated heterocycles. The van der Waals surface area contributed by atoms with Crippen molar-refractivity contribution in [3.63, 3.8) is 0 Å². The van der Waals surface area contributed by atoms with E-state index in [-0.39, 0.29) is 36.8 Å². The van der Waals surface area contributed by atoms with E-state index in [1.165, 1.54) is 12.1 Å². The SMILES string of the molecule is CCOC1CC(N)(C(=O)NCCOc2cccc(F)c2)C1(C)C.Cl. The highest BCUT2D eigenvalue weighted by molar-refractivity contribution is 5.88. The van der Waals surface area contributed by atoms with Crippen LogP contribution in [0.4, 0.5) is 4.39 Å². The number of amides is 1. The van der Waals surface area contributed by atoms with Gasteiger partial charge in [-0.1, -0.05) is 19.9 Å². The predicted octanol–water partition coefficient (Wildman–Crippen LogP) is 2.28. The van der Waals surface area contributed by atoms with Crippen LogP contribution in [0.1, 0.15) is 27.2 Å². The van der Waals surface area contributed by atoms with E-state index in [0.717, 1.165) is 0 Å². The van der Waals surface area contributed by atoms with E-state index in [9.17, 15) is 9.18 Å². The lowest BCUT2D eigenvalue weighted by atomic mass is 9.54. The molecule has 0 heterocycles. The largest absolute Gasteiger partial charge is 0.492 e. The number of hydrogen-bond donors (Lipinski definition) is 2. The lowest BCUT2D eigenvalue weighted by Crippen LogP contribution is -2.75. The maximum Gasteiger partial charge on any atom is 0.240 e. The van der Waals surface area contributed by atoms with Gasteiger partial charge in [-0.2, -0.15) is 0 Å². The summed E-state index contributed by atoms with van der Waals surface area (Å²) < 4.78 is 24.0. The lowest BCUT2D eigenvalue weighted by Gasteiger charge is -2.57. The van der Waals surface area contributed by atoms with Crippen LogP contribution in [0.25, 0.3) is 0 Å². The van der Waals surface area contributed by atoms with Crippen LogP contribution in [0.2, 0.25) is 0 Å². The molecule has 0 aromatic heterocycles. The van der Waals surface area contributed by atoms with Gasteiger partial charge in [0, 0.05) is 24.5 Å². The number of halogens is 2. The molecular formula is C17H26ClFN2O3. The summed E-state index contributed by atoms with van der Waals surface area (Å²) in [5.41, 5.74) is 4.92. The zero-order valence-corrected chi connectivity index (χ0v) is 15.1. The van der Waals surface area contributed by atoms with E-state index < -0.39 is 11.0 Å². The Morgan fingerprint density at radius 3 is 2.75 bits per heavy atom. The molecule has 1 aliphatic rings. The molecule has 136 valence electrons. The molecule has 24 heavy (non-hydrogen) atoms. The number of carbonyl (C=O) groups is 1. The predicted molar refractivity (Wildman–Crippen MR) is 92.9 cm³/mol. The maximum absolute atomic E-state index is 13.0. The van der Waals surface area contributed by atoms with Crippen LogP contribution in [0, 0.1) is 11.2 Å². The molecular weight excluding hydrogens is 335 g/mol. The second kappa shape index (κ2) is 8.14. The molecule has 5 nitrogen and oxygen atoms in total. The van der Waals surface area contributed by atoms with Gasteiger partial charge in [-0.15, -0.1) is 12.4 Å². The normalized spacial score (nSPS) is 24.5. The minimum absolute atomic E-state index is 0. The van der Waals surface area contributed by atoms with Crippen LogP contribution in [0.3, 0.4) is 0 Å². The zero-order valence-electron chi connectivity index (χ0n) is 14.3. The fourth-order valence-electron chi connectivity index (χ4n) is 2.87. The van der Waals surface area contributed by atoms with Crippen molar-refractivity contribution < 1.29 is 18.7 Å². The Kier molecular flexibility index (Phi) is 7.01. The van der Waals surface area contributed by atoms with Gasteiger partial charge in [0.05, 0.1) is 12.6 Å². The van der Waals surface area contributed by atoms with E-state index in [1.807, 2.05) is 20.8 Å². The van der Waals surface area contributed by atoms with Crippen LogP contribution in [-0.4, -0.2) is 37.3 Å². The molecule has 2 rings (SSSR count). The second-order valence-corrected chi connectivity index (χ2v) is 6.40. The molecule has 1 aromatic rings. The van der Waals surface area contributed by atoms with Crippen molar-refractivity contribution in [3.05, 3.63) is 30.1 Å². The van der Waals surface area contributed by atoms with E-state index >= 15 is 0 Å². The highest BCUT2D eigenvalue weighted by atomic mass is 35.5. The minimum Gasteiger partial charge on any atom is -0.492 e. The molecule has 0 spiro atoms. The van der Waals surface area contributed by atoms with Gasteiger partial charge in [0.25, 0.3) is 0 Å². The van der Waals surface area contributed by atoms with Gasteiger partial charge in [0.1, 0.15) is 23.7 Å². The first-order valence-electron chi connectivity index (χ1n) is 7.88. The van der Waals surface area contributed by atoms with Crippen molar-refractivity contribution in [2.45, 2.75) is 38.8 Å². The van der Waals surface area contributed by atoms with Gasteiger partial charge < -0.3 is 20.5 Å². The first kappa shape index (κ1) is 20.7. The van der Waals surface area contributed by atoms with Crippen molar-refractivity contribution in [1.29, 1.82) is 0 Å². The molecule has 1 aliphatic carbocycles. The third-order valence-corrected chi connectivity index (χ3v) is 4.69. The monoisotopic (exact) mass is 360 g/mol. The van der Waals surface area contributed by atoms with E-state index in [0.29, 0.717) is 25.3 Å². The van der Waals surface area contributed by atoms with Gasteiger partial charge in [-0.25, -0.2) is 4.39 Å². The molecule has 2 unspecified atom stereocenters. The summed E-state index contributed by atoms with van der Waals surface area (Å²) in [5, 5.41) is 2.79. The highest BCUT2D eigenvalue weighted by Crippen LogP contribution is 2.49. The Morgan fingerprint density at radius 1 is 1.46 bits per heavy atom. The van der Waals surface area contributed by atoms with E-state index in [1.54, 1.807) is 12.1 Å². The van der Waals surface area contributed by atoms with E-state index in [2.05, 4.69) is 5.32 Å². The highest BCUT2D eigenvalue weighted by Gasteiger charge is 2.62. The Morgan fingerprint density at radius 2 is 2.17 bits per heavy atom. The number of benzene rings is 1. The van der Waals surface area contributed by atoms with Gasteiger partial charge in [0.2, 0.25) is 5.91 Å². The molecule has 0 radical (unpaired) electrons. The summed E-state index contributed by atoms with van der Waals surface area (Å²) in [6.45, 7) is 6.98. The molecule has 1 aromatic carbocycles. The Labute approximate surface area is 148 Å². The Balaban J connectivity index is 0.00000288. The quantitative estimate of drug-likeness (QED) is 0.731. The second-order valence-electron chi connectivity index (χ2n) is 6.40. The summed E-state index contributed by atoms with van der Waals surface area (Å²) in [4.78, 5) is 12.4. The average molecular weight is 361 g/mol. The Bertz CT molecular complexity index is 571. The molecule has 0 bridgehead atoms. The lowest BCUT2D eigenvalue weighted by molar-refractivity contribution is -0.170. The van der Waals surface area contributed by atoms with Crippen molar-refractivity contribution in [2.24, 2.45) is 11.1 Å². The summed E-state index contributed by atoms with van der Waals surface area (Å²) in [6, 6.07) is 5.88. The summed E-state index contributed by atoms with van der Waals surface area (Å²) in [7, 11) is 0. The number of hydrogen-bond acceptors (Lipinski definition) is 4. The molecule has 1 fully saturated rings. The van der Waals surface area contributed by atoms with Crippen LogP contribution in [-0.2, 0) is 9.53 Å². The van der Waals surface area contributed by atoms with Crippen LogP contribution >= 0.6 is 12.4 Å².